The molecule has 218 valence electrons. The highest BCUT2D eigenvalue weighted by atomic mass is 35.5. The van der Waals surface area contributed by atoms with E-state index in [0.29, 0.717) is 23.3 Å². The van der Waals surface area contributed by atoms with Crippen LogP contribution in [-0.2, 0) is 20.7 Å². The molecule has 0 aliphatic heterocycles. The summed E-state index contributed by atoms with van der Waals surface area (Å²) in [5.74, 6) is 0.575. The van der Waals surface area contributed by atoms with Gasteiger partial charge in [-0.3, -0.25) is 0 Å². The number of hydrogen-bond donors (Lipinski definition) is 1. The summed E-state index contributed by atoms with van der Waals surface area (Å²) in [6, 6.07) is 20.6. The molecule has 7 heteroatoms. The topological polar surface area (TPSA) is 73.9 Å². The summed E-state index contributed by atoms with van der Waals surface area (Å²) < 4.78 is 17.4. The highest BCUT2D eigenvalue weighted by Gasteiger charge is 2.32. The summed E-state index contributed by atoms with van der Waals surface area (Å²) in [5, 5.41) is 3.27. The summed E-state index contributed by atoms with van der Waals surface area (Å²) in [4.78, 5) is 26.3. The minimum absolute atomic E-state index is 0.0847. The molecule has 5 rings (SSSR count). The lowest BCUT2D eigenvalue weighted by Crippen LogP contribution is -2.46. The van der Waals surface area contributed by atoms with Gasteiger partial charge in [0.05, 0.1) is 6.61 Å². The molecule has 3 aromatic carbocycles. The van der Waals surface area contributed by atoms with Crippen LogP contribution in [0, 0.1) is 5.92 Å². The average Bonchev–Trinajstić information content (AvgIpc) is 3.72. The second-order valence-corrected chi connectivity index (χ2v) is 11.7. The molecule has 1 atom stereocenters. The molecule has 0 heterocycles. The number of amides is 1. The monoisotopic (exact) mass is 577 g/mol. The average molecular weight is 578 g/mol. The van der Waals surface area contributed by atoms with E-state index in [4.69, 9.17) is 25.8 Å². The lowest BCUT2D eigenvalue weighted by Gasteiger charge is -2.25. The van der Waals surface area contributed by atoms with Gasteiger partial charge in [0, 0.05) is 17.4 Å². The van der Waals surface area contributed by atoms with Gasteiger partial charge in [-0.2, -0.15) is 0 Å². The van der Waals surface area contributed by atoms with Gasteiger partial charge < -0.3 is 19.5 Å². The lowest BCUT2D eigenvalue weighted by atomic mass is 9.98. The molecular weight excluding hydrogens is 538 g/mol. The van der Waals surface area contributed by atoms with Gasteiger partial charge in [0.2, 0.25) is 0 Å². The summed E-state index contributed by atoms with van der Waals surface area (Å²) in [5.41, 5.74) is 4.52. The van der Waals surface area contributed by atoms with E-state index in [1.54, 1.807) is 39.0 Å². The van der Waals surface area contributed by atoms with Crippen molar-refractivity contribution in [3.63, 3.8) is 0 Å². The molecule has 1 saturated carbocycles. The van der Waals surface area contributed by atoms with Crippen LogP contribution in [0.5, 0.6) is 5.75 Å². The van der Waals surface area contributed by atoms with Gasteiger partial charge in [-0.25, -0.2) is 9.59 Å². The Morgan fingerprint density at radius 2 is 1.54 bits per heavy atom. The van der Waals surface area contributed by atoms with E-state index in [1.165, 1.54) is 0 Å². The molecule has 3 aromatic rings. The number of esters is 1. The SMILES string of the molecule is CC.CC(C)(C)OC(=O)C(Cc1cc(Cl)ccc1OCC1CC1)NC(=O)OCC1c2ccccc2-c2ccccc21. The Balaban J connectivity index is 0.00000189. The first kappa shape index (κ1) is 30.4. The van der Waals surface area contributed by atoms with E-state index in [-0.39, 0.29) is 18.9 Å². The van der Waals surface area contributed by atoms with Crippen LogP contribution in [0.4, 0.5) is 4.79 Å². The predicted molar refractivity (Wildman–Crippen MR) is 163 cm³/mol. The van der Waals surface area contributed by atoms with Gasteiger partial charge in [0.1, 0.15) is 24.0 Å². The third-order valence-corrected chi connectivity index (χ3v) is 7.18. The fraction of sp³-hybridized carbons (Fsp3) is 0.412. The van der Waals surface area contributed by atoms with Crippen molar-refractivity contribution in [2.75, 3.05) is 13.2 Å². The summed E-state index contributed by atoms with van der Waals surface area (Å²) in [7, 11) is 0. The second-order valence-electron chi connectivity index (χ2n) is 11.3. The van der Waals surface area contributed by atoms with Crippen molar-refractivity contribution in [1.82, 2.24) is 5.32 Å². The van der Waals surface area contributed by atoms with E-state index in [1.807, 2.05) is 38.1 Å². The number of fused-ring (bicyclic) bond motifs is 3. The van der Waals surface area contributed by atoms with Crippen LogP contribution >= 0.6 is 11.6 Å². The summed E-state index contributed by atoms with van der Waals surface area (Å²) in [6.45, 7) is 10.1. The fourth-order valence-electron chi connectivity index (χ4n) is 4.91. The minimum Gasteiger partial charge on any atom is -0.493 e. The summed E-state index contributed by atoms with van der Waals surface area (Å²) in [6.07, 6.45) is 1.79. The van der Waals surface area contributed by atoms with Crippen LogP contribution in [0.3, 0.4) is 0 Å². The molecule has 0 bridgehead atoms. The number of alkyl carbamates (subject to hydrolysis) is 1. The maximum absolute atomic E-state index is 13.2. The number of halogens is 1. The molecule has 2 aliphatic carbocycles. The number of benzene rings is 3. The fourth-order valence-corrected chi connectivity index (χ4v) is 5.10. The van der Waals surface area contributed by atoms with Crippen molar-refractivity contribution in [1.29, 1.82) is 0 Å². The largest absolute Gasteiger partial charge is 0.493 e. The minimum atomic E-state index is -0.985. The smallest absolute Gasteiger partial charge is 0.407 e. The molecule has 0 radical (unpaired) electrons. The molecule has 1 N–H and O–H groups in total. The second kappa shape index (κ2) is 13.4. The number of carbonyl (C=O) groups is 2. The number of rotatable bonds is 9. The first-order valence-corrected chi connectivity index (χ1v) is 14.8. The Kier molecular flexibility index (Phi) is 9.98. The first-order valence-electron chi connectivity index (χ1n) is 14.4. The molecule has 0 spiro atoms. The molecule has 0 aromatic heterocycles. The van der Waals surface area contributed by atoms with Crippen LogP contribution < -0.4 is 10.1 Å². The Morgan fingerprint density at radius 3 is 2.12 bits per heavy atom. The third kappa shape index (κ3) is 8.04. The quantitative estimate of drug-likeness (QED) is 0.261. The maximum Gasteiger partial charge on any atom is 0.407 e. The van der Waals surface area contributed by atoms with Gasteiger partial charge >= 0.3 is 12.1 Å². The first-order chi connectivity index (χ1) is 19.7. The van der Waals surface area contributed by atoms with Crippen molar-refractivity contribution in [2.45, 2.75) is 71.4 Å². The normalized spacial score (nSPS) is 14.6. The summed E-state index contributed by atoms with van der Waals surface area (Å²) >= 11 is 6.29. The van der Waals surface area contributed by atoms with E-state index in [2.05, 4.69) is 29.6 Å². The standard InChI is InChI=1S/C32H34ClNO5.C2H6/c1-32(2,3)39-30(35)28(17-21-16-22(33)14-15-29(21)37-18-20-12-13-20)34-31(36)38-19-27-25-10-6-4-8-23(25)24-9-5-7-11-26(24)27;1-2/h4-11,14-16,20,27-28H,12-13,17-19H2,1-3H3,(H,34,36);1-2H3. The Labute approximate surface area is 248 Å². The van der Waals surface area contributed by atoms with Crippen molar-refractivity contribution in [3.8, 4) is 16.9 Å². The van der Waals surface area contributed by atoms with Gasteiger partial charge in [-0.1, -0.05) is 74.0 Å². The molecule has 6 nitrogen and oxygen atoms in total. The zero-order valence-electron chi connectivity index (χ0n) is 24.5. The highest BCUT2D eigenvalue weighted by molar-refractivity contribution is 6.30. The van der Waals surface area contributed by atoms with Crippen LogP contribution in [0.15, 0.2) is 66.7 Å². The molecule has 1 unspecified atom stereocenters. The molecule has 1 amide bonds. The van der Waals surface area contributed by atoms with Gasteiger partial charge in [-0.15, -0.1) is 0 Å². The number of hydrogen-bond acceptors (Lipinski definition) is 5. The highest BCUT2D eigenvalue weighted by Crippen LogP contribution is 2.44. The van der Waals surface area contributed by atoms with Crippen molar-refractivity contribution >= 4 is 23.7 Å². The van der Waals surface area contributed by atoms with E-state index < -0.39 is 23.7 Å². The van der Waals surface area contributed by atoms with Crippen molar-refractivity contribution in [2.24, 2.45) is 5.92 Å². The maximum atomic E-state index is 13.2. The Hall–Kier alpha value is -3.51. The predicted octanol–water partition coefficient (Wildman–Crippen LogP) is 7.95. The van der Waals surface area contributed by atoms with Crippen LogP contribution in [0.1, 0.15) is 70.1 Å². The van der Waals surface area contributed by atoms with Crippen LogP contribution in [0.2, 0.25) is 5.02 Å². The van der Waals surface area contributed by atoms with E-state index in [0.717, 1.165) is 40.7 Å². The zero-order chi connectivity index (χ0) is 29.6. The van der Waals surface area contributed by atoms with E-state index >= 15 is 0 Å². The zero-order valence-corrected chi connectivity index (χ0v) is 25.3. The molecule has 41 heavy (non-hydrogen) atoms. The number of ether oxygens (including phenoxy) is 3. The van der Waals surface area contributed by atoms with Gasteiger partial charge in [0.15, 0.2) is 0 Å². The van der Waals surface area contributed by atoms with Crippen LogP contribution in [-0.4, -0.2) is 36.9 Å². The van der Waals surface area contributed by atoms with Crippen LogP contribution in [0.25, 0.3) is 11.1 Å². The van der Waals surface area contributed by atoms with E-state index in [9.17, 15) is 9.59 Å². The Bertz CT molecular complexity index is 1320. The molecule has 0 saturated heterocycles. The third-order valence-electron chi connectivity index (χ3n) is 6.95. The number of nitrogens with one attached hydrogen (secondary N) is 1. The lowest BCUT2D eigenvalue weighted by molar-refractivity contribution is -0.157. The van der Waals surface area contributed by atoms with Crippen molar-refractivity contribution < 1.29 is 23.8 Å². The van der Waals surface area contributed by atoms with Gasteiger partial charge in [0.25, 0.3) is 0 Å². The Morgan fingerprint density at radius 1 is 0.927 bits per heavy atom. The molecule has 1 fully saturated rings. The molecule has 2 aliphatic rings. The molecular formula is C34H40ClNO5. The number of carbonyl (C=O) groups excluding carboxylic acids is 2. The van der Waals surface area contributed by atoms with Gasteiger partial charge in [-0.05, 0) is 85.5 Å². The van der Waals surface area contributed by atoms with Crippen molar-refractivity contribution in [3.05, 3.63) is 88.4 Å².